The van der Waals surface area contributed by atoms with E-state index in [0.29, 0.717) is 13.1 Å². The van der Waals surface area contributed by atoms with Crippen molar-refractivity contribution in [1.82, 2.24) is 4.90 Å². The molecular weight excluding hydrogens is 334 g/mol. The minimum absolute atomic E-state index is 0.321. The minimum Gasteiger partial charge on any atom is -0.392 e. The van der Waals surface area contributed by atoms with Crippen LogP contribution in [0.1, 0.15) is 111 Å². The summed E-state index contributed by atoms with van der Waals surface area (Å²) < 4.78 is 0. The number of aliphatic hydroxyl groups excluding tert-OH is 2. The molecule has 0 saturated carbocycles. The summed E-state index contributed by atoms with van der Waals surface area (Å²) in [6, 6.07) is 0. The Bertz CT molecular complexity index is 306. The number of nitrogens with zero attached hydrogens (tertiary/aromatic N) is 1. The van der Waals surface area contributed by atoms with Crippen LogP contribution in [-0.2, 0) is 0 Å². The highest BCUT2D eigenvalue weighted by molar-refractivity contribution is 4.81. The number of hydrogen-bond donors (Lipinski definition) is 2. The van der Waals surface area contributed by atoms with Gasteiger partial charge in [0.05, 0.1) is 12.2 Å². The maximum atomic E-state index is 9.54. The second-order valence-electron chi connectivity index (χ2n) is 8.40. The van der Waals surface area contributed by atoms with Crippen molar-refractivity contribution in [2.24, 2.45) is 0 Å². The second-order valence-corrected chi connectivity index (χ2v) is 8.40. The van der Waals surface area contributed by atoms with Gasteiger partial charge in [-0.15, -0.1) is 0 Å². The van der Waals surface area contributed by atoms with Crippen molar-refractivity contribution in [2.45, 2.75) is 123 Å². The van der Waals surface area contributed by atoms with Gasteiger partial charge in [0, 0.05) is 13.1 Å². The van der Waals surface area contributed by atoms with Gasteiger partial charge in [0.25, 0.3) is 0 Å². The Morgan fingerprint density at radius 3 is 1.48 bits per heavy atom. The van der Waals surface area contributed by atoms with Crippen LogP contribution >= 0.6 is 0 Å². The molecule has 3 nitrogen and oxygen atoms in total. The zero-order valence-electron chi connectivity index (χ0n) is 18.7. The summed E-state index contributed by atoms with van der Waals surface area (Å²) in [5.74, 6) is 0. The lowest BCUT2D eigenvalue weighted by molar-refractivity contribution is 0.0825. The van der Waals surface area contributed by atoms with Gasteiger partial charge in [-0.05, 0) is 52.5 Å². The highest BCUT2D eigenvalue weighted by Crippen LogP contribution is 2.10. The molecule has 2 atom stereocenters. The molecule has 3 heteroatoms. The smallest absolute Gasteiger partial charge is 0.0639 e. The molecule has 0 aromatic heterocycles. The topological polar surface area (TPSA) is 43.7 Å². The Balaban J connectivity index is 3.39. The van der Waals surface area contributed by atoms with Gasteiger partial charge in [0.2, 0.25) is 0 Å². The molecule has 0 saturated heterocycles. The molecule has 0 aromatic rings. The third kappa shape index (κ3) is 21.8. The molecule has 0 aromatic carbocycles. The highest BCUT2D eigenvalue weighted by atomic mass is 16.3. The van der Waals surface area contributed by atoms with Gasteiger partial charge in [0.1, 0.15) is 0 Å². The van der Waals surface area contributed by atoms with Crippen molar-refractivity contribution >= 4 is 0 Å². The fourth-order valence-electron chi connectivity index (χ4n) is 3.59. The third-order valence-electron chi connectivity index (χ3n) is 5.03. The Morgan fingerprint density at radius 2 is 1.04 bits per heavy atom. The molecule has 2 unspecified atom stereocenters. The molecule has 0 aliphatic carbocycles. The van der Waals surface area contributed by atoms with Crippen LogP contribution < -0.4 is 0 Å². The van der Waals surface area contributed by atoms with Crippen molar-refractivity contribution in [3.05, 3.63) is 12.2 Å². The molecule has 0 heterocycles. The van der Waals surface area contributed by atoms with Crippen LogP contribution in [0.25, 0.3) is 0 Å². The van der Waals surface area contributed by atoms with Gasteiger partial charge >= 0.3 is 0 Å². The molecule has 27 heavy (non-hydrogen) atoms. The first kappa shape index (κ1) is 26.6. The van der Waals surface area contributed by atoms with Crippen LogP contribution in [0.3, 0.4) is 0 Å². The number of rotatable bonds is 20. The maximum absolute atomic E-state index is 9.54. The molecule has 0 aliphatic heterocycles. The van der Waals surface area contributed by atoms with E-state index >= 15 is 0 Å². The SMILES string of the molecule is CCCCCCCC/C=C/CCCCCCCCN(CC(C)O)CC(C)O. The zero-order chi connectivity index (χ0) is 20.2. The summed E-state index contributed by atoms with van der Waals surface area (Å²) >= 11 is 0. The zero-order valence-corrected chi connectivity index (χ0v) is 18.7. The van der Waals surface area contributed by atoms with Crippen molar-refractivity contribution in [2.75, 3.05) is 19.6 Å². The van der Waals surface area contributed by atoms with Crippen LogP contribution in [0, 0.1) is 0 Å². The molecule has 0 fully saturated rings. The van der Waals surface area contributed by atoms with Crippen LogP contribution in [0.15, 0.2) is 12.2 Å². The van der Waals surface area contributed by atoms with Crippen molar-refractivity contribution in [1.29, 1.82) is 0 Å². The first-order chi connectivity index (χ1) is 13.1. The van der Waals surface area contributed by atoms with Crippen LogP contribution in [0.5, 0.6) is 0 Å². The lowest BCUT2D eigenvalue weighted by Gasteiger charge is -2.24. The van der Waals surface area contributed by atoms with E-state index in [-0.39, 0.29) is 12.2 Å². The summed E-state index contributed by atoms with van der Waals surface area (Å²) in [6.07, 6.45) is 22.7. The fraction of sp³-hybridized carbons (Fsp3) is 0.917. The minimum atomic E-state index is -0.321. The van der Waals surface area contributed by atoms with E-state index in [1.165, 1.54) is 83.5 Å². The average Bonchev–Trinajstić information content (AvgIpc) is 2.60. The summed E-state index contributed by atoms with van der Waals surface area (Å²) in [5, 5.41) is 19.1. The lowest BCUT2D eigenvalue weighted by atomic mass is 10.1. The summed E-state index contributed by atoms with van der Waals surface area (Å²) in [6.45, 7) is 8.21. The van der Waals surface area contributed by atoms with Crippen LogP contribution in [0.2, 0.25) is 0 Å². The molecule has 0 bridgehead atoms. The predicted molar refractivity (Wildman–Crippen MR) is 119 cm³/mol. The molecule has 0 spiro atoms. The van der Waals surface area contributed by atoms with Gasteiger partial charge in [0.15, 0.2) is 0 Å². The normalized spacial score (nSPS) is 14.3. The van der Waals surface area contributed by atoms with E-state index < -0.39 is 0 Å². The first-order valence-corrected chi connectivity index (χ1v) is 11.8. The van der Waals surface area contributed by atoms with Crippen LogP contribution in [-0.4, -0.2) is 47.0 Å². The third-order valence-corrected chi connectivity index (χ3v) is 5.03. The molecule has 2 N–H and O–H groups in total. The van der Waals surface area contributed by atoms with Gasteiger partial charge in [-0.25, -0.2) is 0 Å². The Hall–Kier alpha value is -0.380. The number of allylic oxidation sites excluding steroid dienone is 2. The van der Waals surface area contributed by atoms with Gasteiger partial charge < -0.3 is 10.2 Å². The highest BCUT2D eigenvalue weighted by Gasteiger charge is 2.10. The van der Waals surface area contributed by atoms with Crippen molar-refractivity contribution in [3.63, 3.8) is 0 Å². The van der Waals surface area contributed by atoms with Crippen molar-refractivity contribution < 1.29 is 10.2 Å². The molecule has 0 amide bonds. The Morgan fingerprint density at radius 1 is 0.630 bits per heavy atom. The quantitative estimate of drug-likeness (QED) is 0.197. The molecular formula is C24H49NO2. The van der Waals surface area contributed by atoms with Gasteiger partial charge in [-0.1, -0.05) is 76.9 Å². The maximum Gasteiger partial charge on any atom is 0.0639 e. The second kappa shape index (κ2) is 20.4. The summed E-state index contributed by atoms with van der Waals surface area (Å²) in [7, 11) is 0. The lowest BCUT2D eigenvalue weighted by Crippen LogP contribution is -2.36. The average molecular weight is 384 g/mol. The molecule has 0 radical (unpaired) electrons. The van der Waals surface area contributed by atoms with E-state index in [1.54, 1.807) is 0 Å². The Labute approximate surface area is 170 Å². The van der Waals surface area contributed by atoms with E-state index in [2.05, 4.69) is 24.0 Å². The van der Waals surface area contributed by atoms with E-state index in [4.69, 9.17) is 0 Å². The monoisotopic (exact) mass is 383 g/mol. The Kier molecular flexibility index (Phi) is 20.1. The first-order valence-electron chi connectivity index (χ1n) is 11.8. The largest absolute Gasteiger partial charge is 0.392 e. The number of aliphatic hydroxyl groups is 2. The standard InChI is InChI=1S/C24H49NO2/c1-4-5-6-7-8-9-10-11-12-13-14-15-16-17-18-19-20-25(21-23(2)26)22-24(3)27/h11-12,23-24,26-27H,4-10,13-22H2,1-3H3/b12-11+. The summed E-state index contributed by atoms with van der Waals surface area (Å²) in [5.41, 5.74) is 0. The molecule has 162 valence electrons. The van der Waals surface area contributed by atoms with Crippen molar-refractivity contribution in [3.8, 4) is 0 Å². The summed E-state index contributed by atoms with van der Waals surface area (Å²) in [4.78, 5) is 2.18. The number of unbranched alkanes of at least 4 members (excludes halogenated alkanes) is 12. The van der Waals surface area contributed by atoms with Gasteiger partial charge in [-0.3, -0.25) is 4.90 Å². The van der Waals surface area contributed by atoms with Gasteiger partial charge in [-0.2, -0.15) is 0 Å². The number of hydrogen-bond acceptors (Lipinski definition) is 3. The molecule has 0 rings (SSSR count). The van der Waals surface area contributed by atoms with E-state index in [1.807, 2.05) is 13.8 Å². The predicted octanol–water partition coefficient (Wildman–Crippen LogP) is 6.09. The fourth-order valence-corrected chi connectivity index (χ4v) is 3.59. The van der Waals surface area contributed by atoms with E-state index in [9.17, 15) is 10.2 Å². The molecule has 0 aliphatic rings. The van der Waals surface area contributed by atoms with Crippen LogP contribution in [0.4, 0.5) is 0 Å². The van der Waals surface area contributed by atoms with E-state index in [0.717, 1.165) is 13.0 Å².